The minimum atomic E-state index is -0.294. The molecule has 1 saturated heterocycles. The van der Waals surface area contributed by atoms with Crippen LogP contribution in [0.5, 0.6) is 0 Å². The Kier molecular flexibility index (Phi) is 6.67. The van der Waals surface area contributed by atoms with Crippen molar-refractivity contribution in [2.45, 2.75) is 70.4 Å². The normalized spacial score (nSPS) is 29.4. The molecular weight excluding hydrogens is 559 g/mol. The molecule has 1 aliphatic heterocycles. The lowest BCUT2D eigenvalue weighted by molar-refractivity contribution is 0.0838. The summed E-state index contributed by atoms with van der Waals surface area (Å²) in [6.07, 6.45) is 32.3. The molecule has 0 spiro atoms. The van der Waals surface area contributed by atoms with Crippen LogP contribution in [0.25, 0.3) is 16.3 Å². The molecule has 0 saturated carbocycles. The summed E-state index contributed by atoms with van der Waals surface area (Å²) in [7, 11) is -0.243. The van der Waals surface area contributed by atoms with Crippen molar-refractivity contribution in [2.75, 3.05) is 0 Å². The predicted octanol–water partition coefficient (Wildman–Crippen LogP) is 10.5. The van der Waals surface area contributed by atoms with E-state index in [1.807, 2.05) is 0 Å². The van der Waals surface area contributed by atoms with Crippen molar-refractivity contribution in [1.82, 2.24) is 0 Å². The maximum Gasteiger partial charge on any atom is 0.465 e. The fraction of sp³-hybridized carbons (Fsp3) is 0.302. The van der Waals surface area contributed by atoms with Crippen molar-refractivity contribution in [3.05, 3.63) is 159 Å². The minimum absolute atomic E-state index is 0.0567. The molecule has 4 unspecified atom stereocenters. The number of hydrogen-bond acceptors (Lipinski definition) is 2. The molecule has 6 aliphatic carbocycles. The van der Waals surface area contributed by atoms with Gasteiger partial charge >= 0.3 is 7.12 Å². The Labute approximate surface area is 273 Å². The molecule has 2 aromatic carbocycles. The van der Waals surface area contributed by atoms with Crippen LogP contribution in [-0.2, 0) is 9.31 Å². The van der Waals surface area contributed by atoms with Crippen LogP contribution in [0.2, 0.25) is 5.82 Å². The van der Waals surface area contributed by atoms with Gasteiger partial charge in [-0.3, -0.25) is 0 Å². The van der Waals surface area contributed by atoms with Gasteiger partial charge in [-0.25, -0.2) is 0 Å². The molecule has 9 rings (SSSR count). The van der Waals surface area contributed by atoms with Gasteiger partial charge in [-0.1, -0.05) is 103 Å². The van der Waals surface area contributed by atoms with E-state index < -0.39 is 0 Å². The van der Waals surface area contributed by atoms with E-state index in [1.54, 1.807) is 5.57 Å². The summed E-state index contributed by atoms with van der Waals surface area (Å²) < 4.78 is 13.0. The van der Waals surface area contributed by atoms with E-state index in [0.717, 1.165) is 32.1 Å². The third kappa shape index (κ3) is 4.47. The highest BCUT2D eigenvalue weighted by molar-refractivity contribution is 6.48. The van der Waals surface area contributed by atoms with Gasteiger partial charge in [0.2, 0.25) is 0 Å². The largest absolute Gasteiger partial charge is 0.465 e. The van der Waals surface area contributed by atoms with Crippen LogP contribution in [0.15, 0.2) is 154 Å². The quantitative estimate of drug-likeness (QED) is 0.327. The second-order valence-corrected chi connectivity index (χ2v) is 14.4. The third-order valence-corrected chi connectivity index (χ3v) is 11.4. The Morgan fingerprint density at radius 1 is 0.826 bits per heavy atom. The maximum absolute atomic E-state index is 6.54. The van der Waals surface area contributed by atoms with Gasteiger partial charge in [-0.2, -0.15) is 0 Å². The van der Waals surface area contributed by atoms with E-state index in [4.69, 9.17) is 9.31 Å². The summed E-state index contributed by atoms with van der Waals surface area (Å²) in [6, 6.07) is 15.6. The van der Waals surface area contributed by atoms with Crippen molar-refractivity contribution >= 4 is 23.5 Å². The average molecular weight is 601 g/mol. The lowest BCUT2D eigenvalue weighted by Gasteiger charge is -2.41. The molecule has 1 heterocycles. The molecule has 4 atom stereocenters. The molecule has 228 valence electrons. The highest BCUT2D eigenvalue weighted by Crippen LogP contribution is 2.55. The molecule has 46 heavy (non-hydrogen) atoms. The first-order chi connectivity index (χ1) is 22.5. The van der Waals surface area contributed by atoms with Crippen molar-refractivity contribution in [1.29, 1.82) is 0 Å². The van der Waals surface area contributed by atoms with Gasteiger partial charge in [-0.15, -0.1) is 0 Å². The van der Waals surface area contributed by atoms with Crippen LogP contribution >= 0.6 is 0 Å². The molecule has 1 fully saturated rings. The van der Waals surface area contributed by atoms with E-state index in [9.17, 15) is 0 Å². The minimum Gasteiger partial charge on any atom is -0.405 e. The third-order valence-electron chi connectivity index (χ3n) is 11.4. The number of hydrogen-bond donors (Lipinski definition) is 0. The first kappa shape index (κ1) is 28.3. The molecule has 0 N–H and O–H groups in total. The van der Waals surface area contributed by atoms with Gasteiger partial charge in [0.15, 0.2) is 0 Å². The first-order valence-electron chi connectivity index (χ1n) is 17.3. The van der Waals surface area contributed by atoms with Crippen LogP contribution in [0.1, 0.15) is 58.4 Å². The van der Waals surface area contributed by atoms with Crippen LogP contribution < -0.4 is 0 Å². The van der Waals surface area contributed by atoms with E-state index in [0.29, 0.717) is 5.92 Å². The van der Waals surface area contributed by atoms with Crippen molar-refractivity contribution in [3.63, 3.8) is 0 Å². The Balaban J connectivity index is 1.24. The molecule has 2 aromatic rings. The van der Waals surface area contributed by atoms with Gasteiger partial charge < -0.3 is 9.31 Å². The van der Waals surface area contributed by atoms with Crippen LogP contribution in [-0.4, -0.2) is 18.8 Å². The smallest absolute Gasteiger partial charge is 0.405 e. The fourth-order valence-electron chi connectivity index (χ4n) is 8.75. The van der Waals surface area contributed by atoms with Crippen LogP contribution in [0.3, 0.4) is 0 Å². The highest BCUT2D eigenvalue weighted by atomic mass is 16.7. The van der Waals surface area contributed by atoms with Crippen LogP contribution in [0, 0.1) is 11.8 Å². The second kappa shape index (κ2) is 10.8. The molecule has 2 nitrogen and oxygen atoms in total. The summed E-state index contributed by atoms with van der Waals surface area (Å²) >= 11 is 0. The average Bonchev–Trinajstić information content (AvgIpc) is 3.38. The number of rotatable bonds is 3. The van der Waals surface area contributed by atoms with Gasteiger partial charge in [0.1, 0.15) is 0 Å². The lowest BCUT2D eigenvalue weighted by atomic mass is 9.60. The van der Waals surface area contributed by atoms with E-state index in [1.165, 1.54) is 60.9 Å². The van der Waals surface area contributed by atoms with Crippen LogP contribution in [0.4, 0.5) is 0 Å². The predicted molar refractivity (Wildman–Crippen MR) is 191 cm³/mol. The Hall–Kier alpha value is -3.92. The molecule has 0 amide bonds. The van der Waals surface area contributed by atoms with E-state index in [-0.39, 0.29) is 30.6 Å². The maximum atomic E-state index is 6.54. The molecule has 3 heteroatoms. The molecule has 0 bridgehead atoms. The number of fused-ring (bicyclic) bond motifs is 7. The standard InChI is InChI=1S/C43H41BO2/c1-27-43(2,3)46-44(45-27)30-22-23-37-38(24-30)40(34-21-11-15-29-13-5-7-17-32(29)34)26-41-36-19-9-8-18-35(36)39(25-42(37)41)33-20-10-14-28-12-4-6-16-31(28)33/h5-9,11,13-19,21,23-27,30,36,41H,4,10,12,20,22H2,1-3H3. The SMILES string of the molecule is CC1OB(C2C=C3C(=CC2)C2=CC(C4=C5C=CCCC5=CCC4)=C4C=CC=CC4C2C=C3c2cccc3ccccc23)OC1(C)C. The van der Waals surface area contributed by atoms with Gasteiger partial charge in [0.25, 0.3) is 0 Å². The monoisotopic (exact) mass is 600 g/mol. The summed E-state index contributed by atoms with van der Waals surface area (Å²) in [5.74, 6) is 0.745. The zero-order chi connectivity index (χ0) is 31.0. The van der Waals surface area contributed by atoms with Crippen molar-refractivity contribution < 1.29 is 9.31 Å². The zero-order valence-corrected chi connectivity index (χ0v) is 27.1. The Bertz CT molecular complexity index is 1980. The summed E-state index contributed by atoms with van der Waals surface area (Å²) in [6.45, 7) is 6.43. The molecule has 7 aliphatic rings. The molecule has 0 radical (unpaired) electrons. The van der Waals surface area contributed by atoms with Crippen molar-refractivity contribution in [3.8, 4) is 0 Å². The summed E-state index contributed by atoms with van der Waals surface area (Å²) in [5.41, 5.74) is 14.0. The molecule has 0 aromatic heterocycles. The highest BCUT2D eigenvalue weighted by Gasteiger charge is 2.48. The van der Waals surface area contributed by atoms with E-state index >= 15 is 0 Å². The number of benzene rings is 2. The van der Waals surface area contributed by atoms with Gasteiger partial charge in [-0.05, 0) is 125 Å². The number of allylic oxidation sites excluding steroid dienone is 20. The lowest BCUT2D eigenvalue weighted by Crippen LogP contribution is -2.31. The zero-order valence-electron chi connectivity index (χ0n) is 27.1. The first-order valence-corrected chi connectivity index (χ1v) is 17.3. The van der Waals surface area contributed by atoms with Gasteiger partial charge in [0, 0.05) is 17.7 Å². The summed E-state index contributed by atoms with van der Waals surface area (Å²) in [5, 5.41) is 2.58. The van der Waals surface area contributed by atoms with Crippen molar-refractivity contribution in [2.24, 2.45) is 11.8 Å². The van der Waals surface area contributed by atoms with E-state index in [2.05, 4.69) is 130 Å². The summed E-state index contributed by atoms with van der Waals surface area (Å²) in [4.78, 5) is 0. The second-order valence-electron chi connectivity index (χ2n) is 14.4. The Morgan fingerprint density at radius 3 is 2.61 bits per heavy atom. The Morgan fingerprint density at radius 2 is 1.72 bits per heavy atom. The topological polar surface area (TPSA) is 18.5 Å². The fourth-order valence-corrected chi connectivity index (χ4v) is 8.75. The van der Waals surface area contributed by atoms with Gasteiger partial charge in [0.05, 0.1) is 11.7 Å². The molecular formula is C43H41BO2.